The second-order valence-electron chi connectivity index (χ2n) is 6.54. The Morgan fingerprint density at radius 2 is 1.18 bits per heavy atom. The number of Topliss-reactive ketones (excluding diaryl/α,β-unsaturated/α-hetero) is 3. The minimum absolute atomic E-state index is 0.194. The lowest BCUT2D eigenvalue weighted by atomic mass is 10.0. The molecule has 0 spiro atoms. The molecule has 0 aliphatic carbocycles. The summed E-state index contributed by atoms with van der Waals surface area (Å²) in [6, 6.07) is 27.7. The van der Waals surface area contributed by atoms with E-state index in [1.54, 1.807) is 6.07 Å². The van der Waals surface area contributed by atoms with Crippen LogP contribution in [0.15, 0.2) is 84.9 Å². The molecule has 0 aromatic heterocycles. The molecule has 0 bridgehead atoms. The number of benzene rings is 3. The fourth-order valence-corrected chi connectivity index (χ4v) is 5.57. The quantitative estimate of drug-likeness (QED) is 0.337. The molecule has 140 valence electrons. The monoisotopic (exact) mass is 388 g/mol. The molecule has 3 rings (SSSR count). The van der Waals surface area contributed by atoms with Crippen LogP contribution in [0.4, 0.5) is 0 Å². The van der Waals surface area contributed by atoms with Gasteiger partial charge in [-0.25, -0.2) is 0 Å². The van der Waals surface area contributed by atoms with Gasteiger partial charge in [0.15, 0.2) is 5.78 Å². The standard InChI is InChI=1S/C24H21O3P/c1-18(25)16-19(26)17-23(27)22-14-8-9-15-24(22)28(20-10-4-2-5-11-20)21-12-6-3-7-13-21/h2-15H,16-17H2,1H3. The van der Waals surface area contributed by atoms with Crippen LogP contribution in [-0.2, 0) is 9.59 Å². The van der Waals surface area contributed by atoms with E-state index in [1.807, 2.05) is 54.6 Å². The van der Waals surface area contributed by atoms with Gasteiger partial charge in [-0.15, -0.1) is 0 Å². The van der Waals surface area contributed by atoms with Crippen LogP contribution in [0.1, 0.15) is 30.1 Å². The zero-order valence-corrected chi connectivity index (χ0v) is 16.6. The van der Waals surface area contributed by atoms with Crippen molar-refractivity contribution in [3.05, 3.63) is 90.5 Å². The lowest BCUT2D eigenvalue weighted by molar-refractivity contribution is -0.125. The predicted molar refractivity (Wildman–Crippen MR) is 114 cm³/mol. The van der Waals surface area contributed by atoms with Crippen molar-refractivity contribution in [2.45, 2.75) is 19.8 Å². The molecule has 0 aliphatic rings. The first kappa shape index (κ1) is 19.9. The fraction of sp³-hybridized carbons (Fsp3) is 0.125. The van der Waals surface area contributed by atoms with Gasteiger partial charge in [-0.2, -0.15) is 0 Å². The van der Waals surface area contributed by atoms with Crippen molar-refractivity contribution >= 4 is 41.2 Å². The van der Waals surface area contributed by atoms with Crippen molar-refractivity contribution in [1.29, 1.82) is 0 Å². The van der Waals surface area contributed by atoms with Crippen LogP contribution in [0.2, 0.25) is 0 Å². The third-order valence-corrected chi connectivity index (χ3v) is 6.78. The topological polar surface area (TPSA) is 51.2 Å². The molecule has 0 fully saturated rings. The number of carbonyl (C=O) groups excluding carboxylic acids is 3. The van der Waals surface area contributed by atoms with Crippen LogP contribution in [0.25, 0.3) is 0 Å². The Labute approximate surface area is 166 Å². The highest BCUT2D eigenvalue weighted by molar-refractivity contribution is 7.80. The van der Waals surface area contributed by atoms with E-state index < -0.39 is 7.92 Å². The van der Waals surface area contributed by atoms with Crippen LogP contribution in [0, 0.1) is 0 Å². The Balaban J connectivity index is 2.04. The van der Waals surface area contributed by atoms with E-state index in [9.17, 15) is 14.4 Å². The number of carbonyl (C=O) groups is 3. The minimum atomic E-state index is -0.940. The van der Waals surface area contributed by atoms with E-state index >= 15 is 0 Å². The first-order valence-corrected chi connectivity index (χ1v) is 10.4. The fourth-order valence-electron chi connectivity index (χ4n) is 3.10. The molecule has 28 heavy (non-hydrogen) atoms. The molecule has 0 atom stereocenters. The minimum Gasteiger partial charge on any atom is -0.300 e. The van der Waals surface area contributed by atoms with Crippen molar-refractivity contribution in [2.75, 3.05) is 0 Å². The Morgan fingerprint density at radius 1 is 0.679 bits per heavy atom. The smallest absolute Gasteiger partial charge is 0.170 e. The second kappa shape index (κ2) is 9.34. The SMILES string of the molecule is CC(=O)CC(=O)CC(=O)c1ccccc1P(c1ccccc1)c1ccccc1. The molecule has 0 heterocycles. The van der Waals surface area contributed by atoms with E-state index in [0.717, 1.165) is 15.9 Å². The van der Waals surface area contributed by atoms with E-state index in [1.165, 1.54) is 6.92 Å². The number of hydrogen-bond acceptors (Lipinski definition) is 3. The van der Waals surface area contributed by atoms with Gasteiger partial charge in [0.1, 0.15) is 11.6 Å². The van der Waals surface area contributed by atoms with Gasteiger partial charge in [0.2, 0.25) is 0 Å². The molecule has 0 aliphatic heterocycles. The Morgan fingerprint density at radius 3 is 1.71 bits per heavy atom. The van der Waals surface area contributed by atoms with Crippen molar-refractivity contribution < 1.29 is 14.4 Å². The Bertz CT molecular complexity index is 942. The van der Waals surface area contributed by atoms with Crippen molar-refractivity contribution in [3.8, 4) is 0 Å². The first-order chi connectivity index (χ1) is 13.6. The summed E-state index contributed by atoms with van der Waals surface area (Å²) in [5.74, 6) is -0.792. The summed E-state index contributed by atoms with van der Waals surface area (Å²) < 4.78 is 0. The van der Waals surface area contributed by atoms with Gasteiger partial charge < -0.3 is 0 Å². The van der Waals surface area contributed by atoms with Crippen LogP contribution < -0.4 is 15.9 Å². The molecule has 0 unspecified atom stereocenters. The summed E-state index contributed by atoms with van der Waals surface area (Å²) in [5, 5.41) is 3.20. The van der Waals surface area contributed by atoms with E-state index in [2.05, 4.69) is 24.3 Å². The normalized spacial score (nSPS) is 10.6. The summed E-state index contributed by atoms with van der Waals surface area (Å²) in [6.45, 7) is 1.36. The summed E-state index contributed by atoms with van der Waals surface area (Å²) in [6.07, 6.45) is -0.441. The third kappa shape index (κ3) is 4.88. The zero-order chi connectivity index (χ0) is 19.9. The van der Waals surface area contributed by atoms with Gasteiger partial charge in [-0.3, -0.25) is 14.4 Å². The molecule has 3 aromatic carbocycles. The zero-order valence-electron chi connectivity index (χ0n) is 15.7. The maximum absolute atomic E-state index is 12.9. The first-order valence-electron chi connectivity index (χ1n) is 9.10. The summed E-state index contributed by atoms with van der Waals surface area (Å²) in [5.41, 5.74) is 0.554. The lowest BCUT2D eigenvalue weighted by Gasteiger charge is -2.21. The van der Waals surface area contributed by atoms with Gasteiger partial charge in [0.25, 0.3) is 0 Å². The van der Waals surface area contributed by atoms with Crippen molar-refractivity contribution in [3.63, 3.8) is 0 Å². The average Bonchev–Trinajstić information content (AvgIpc) is 2.69. The lowest BCUT2D eigenvalue weighted by Crippen LogP contribution is -2.26. The van der Waals surface area contributed by atoms with E-state index in [4.69, 9.17) is 0 Å². The van der Waals surface area contributed by atoms with Gasteiger partial charge in [-0.1, -0.05) is 84.9 Å². The third-order valence-electron chi connectivity index (χ3n) is 4.28. The van der Waals surface area contributed by atoms with Crippen LogP contribution in [0.3, 0.4) is 0 Å². The Hall–Kier alpha value is -2.90. The highest BCUT2D eigenvalue weighted by atomic mass is 31.1. The summed E-state index contributed by atoms with van der Waals surface area (Å²) in [7, 11) is -0.940. The van der Waals surface area contributed by atoms with E-state index in [-0.39, 0.29) is 30.2 Å². The largest absolute Gasteiger partial charge is 0.300 e. The van der Waals surface area contributed by atoms with Gasteiger partial charge in [0, 0.05) is 5.56 Å². The second-order valence-corrected chi connectivity index (χ2v) is 8.73. The summed E-state index contributed by atoms with van der Waals surface area (Å²) in [4.78, 5) is 36.1. The van der Waals surface area contributed by atoms with E-state index in [0.29, 0.717) is 5.56 Å². The van der Waals surface area contributed by atoms with Crippen LogP contribution in [-0.4, -0.2) is 17.3 Å². The summed E-state index contributed by atoms with van der Waals surface area (Å²) >= 11 is 0. The average molecular weight is 388 g/mol. The van der Waals surface area contributed by atoms with Crippen LogP contribution in [0.5, 0.6) is 0 Å². The number of hydrogen-bond donors (Lipinski definition) is 0. The predicted octanol–water partition coefficient (Wildman–Crippen LogP) is 3.57. The molecule has 3 nitrogen and oxygen atoms in total. The maximum atomic E-state index is 12.9. The molecule has 0 radical (unpaired) electrons. The molecular weight excluding hydrogens is 367 g/mol. The van der Waals surface area contributed by atoms with Crippen LogP contribution >= 0.6 is 7.92 Å². The highest BCUT2D eigenvalue weighted by Crippen LogP contribution is 2.34. The highest BCUT2D eigenvalue weighted by Gasteiger charge is 2.23. The molecule has 0 saturated heterocycles. The molecule has 4 heteroatoms. The Kier molecular flexibility index (Phi) is 6.62. The molecule has 0 N–H and O–H groups in total. The maximum Gasteiger partial charge on any atom is 0.170 e. The van der Waals surface area contributed by atoms with Crippen molar-refractivity contribution in [2.24, 2.45) is 0 Å². The molecule has 3 aromatic rings. The molecule has 0 saturated carbocycles. The molecular formula is C24H21O3P. The molecule has 0 amide bonds. The van der Waals surface area contributed by atoms with Gasteiger partial charge in [-0.05, 0) is 30.8 Å². The van der Waals surface area contributed by atoms with Gasteiger partial charge >= 0.3 is 0 Å². The van der Waals surface area contributed by atoms with Gasteiger partial charge in [0.05, 0.1) is 12.8 Å². The number of rotatable bonds is 8. The number of ketones is 3. The van der Waals surface area contributed by atoms with Crippen molar-refractivity contribution in [1.82, 2.24) is 0 Å².